The van der Waals surface area contributed by atoms with Gasteiger partial charge in [-0.15, -0.1) is 12.4 Å². The highest BCUT2D eigenvalue weighted by Crippen LogP contribution is 2.62. The first-order valence-corrected chi connectivity index (χ1v) is 8.99. The number of rotatable bonds is 2. The quantitative estimate of drug-likeness (QED) is 0.585. The highest BCUT2D eigenvalue weighted by Gasteiger charge is 2.65. The maximum atomic E-state index is 11.6. The van der Waals surface area contributed by atoms with Crippen molar-refractivity contribution >= 4 is 18.4 Å². The Balaban J connectivity index is 0.00000168. The summed E-state index contributed by atoms with van der Waals surface area (Å²) in [6.45, 7) is 2.49. The fourth-order valence-corrected chi connectivity index (χ4v) is 5.66. The van der Waals surface area contributed by atoms with Crippen LogP contribution in [0.4, 0.5) is 0 Å². The molecule has 0 unspecified atom stereocenters. The molecule has 4 aliphatic rings. The van der Waals surface area contributed by atoms with Crippen molar-refractivity contribution < 1.29 is 19.0 Å². The van der Waals surface area contributed by atoms with Crippen molar-refractivity contribution in [1.82, 2.24) is 4.90 Å². The molecule has 0 N–H and O–H groups in total. The normalized spacial score (nSPS) is 35.8. The van der Waals surface area contributed by atoms with Gasteiger partial charge in [0.1, 0.15) is 6.10 Å². The van der Waals surface area contributed by atoms with Crippen molar-refractivity contribution in [2.75, 3.05) is 20.7 Å². The Labute approximate surface area is 159 Å². The van der Waals surface area contributed by atoms with Gasteiger partial charge in [-0.3, -0.25) is 4.79 Å². The van der Waals surface area contributed by atoms with Crippen LogP contribution in [0.25, 0.3) is 0 Å². The van der Waals surface area contributed by atoms with Crippen LogP contribution in [-0.2, 0) is 21.4 Å². The maximum absolute atomic E-state index is 11.6. The highest BCUT2D eigenvalue weighted by atomic mass is 35.5. The van der Waals surface area contributed by atoms with Crippen molar-refractivity contribution in [3.8, 4) is 11.5 Å². The first-order chi connectivity index (χ1) is 12.1. The Kier molecular flexibility index (Phi) is 4.01. The second-order valence-electron chi connectivity index (χ2n) is 7.70. The van der Waals surface area contributed by atoms with E-state index in [4.69, 9.17) is 14.2 Å². The standard InChI is InChI=1S/C20H23NO4.ClH/c1-11(22)24-16-7-5-13-14-10-12-4-6-15(23-3)18-17(12)20(13,19(16)25-18)8-9-21(14)2;/h4-7,13-14,16,19H,8-10H2,1-3H3;1H/t13-,14+,16+,19-,20-;/m0./s1. The van der Waals surface area contributed by atoms with Crippen molar-refractivity contribution in [3.63, 3.8) is 0 Å². The van der Waals surface area contributed by atoms with Gasteiger partial charge in [0.05, 0.1) is 7.11 Å². The zero-order chi connectivity index (χ0) is 17.3. The molecule has 2 aliphatic carbocycles. The van der Waals surface area contributed by atoms with Crippen molar-refractivity contribution in [1.29, 1.82) is 0 Å². The number of likely N-dealkylation sites (tertiary alicyclic amines) is 1. The van der Waals surface area contributed by atoms with Gasteiger partial charge in [0.15, 0.2) is 17.6 Å². The molecule has 140 valence electrons. The number of methoxy groups -OCH3 is 1. The van der Waals surface area contributed by atoms with Gasteiger partial charge < -0.3 is 19.1 Å². The van der Waals surface area contributed by atoms with Crippen LogP contribution < -0.4 is 9.47 Å². The summed E-state index contributed by atoms with van der Waals surface area (Å²) in [5.74, 6) is 1.75. The fourth-order valence-electron chi connectivity index (χ4n) is 5.66. The summed E-state index contributed by atoms with van der Waals surface area (Å²) < 4.78 is 17.7. The number of piperidine rings is 1. The molecule has 2 bridgehead atoms. The van der Waals surface area contributed by atoms with Crippen LogP contribution in [0.3, 0.4) is 0 Å². The van der Waals surface area contributed by atoms with Crippen LogP contribution in [0.1, 0.15) is 24.5 Å². The summed E-state index contributed by atoms with van der Waals surface area (Å²) in [7, 11) is 3.89. The minimum absolute atomic E-state index is 0. The average molecular weight is 378 g/mol. The molecule has 5 rings (SSSR count). The van der Waals surface area contributed by atoms with Crippen LogP contribution >= 0.6 is 12.4 Å². The van der Waals surface area contributed by atoms with Gasteiger partial charge >= 0.3 is 5.97 Å². The molecule has 2 heterocycles. The summed E-state index contributed by atoms with van der Waals surface area (Å²) >= 11 is 0. The third-order valence-corrected chi connectivity index (χ3v) is 6.64. The van der Waals surface area contributed by atoms with E-state index in [1.165, 1.54) is 18.1 Å². The Hall–Kier alpha value is -1.72. The Morgan fingerprint density at radius 1 is 1.35 bits per heavy atom. The Morgan fingerprint density at radius 3 is 2.88 bits per heavy atom. The number of nitrogens with zero attached hydrogens (tertiary/aromatic N) is 1. The van der Waals surface area contributed by atoms with Crippen LogP contribution in [0.15, 0.2) is 24.3 Å². The maximum Gasteiger partial charge on any atom is 0.303 e. The number of benzene rings is 1. The minimum atomic E-state index is -0.346. The molecule has 1 aromatic carbocycles. The SMILES string of the molecule is COc1ccc2c3c1O[C@H]1[C@H](OC(C)=O)C=C[C@H]4[C@@H](C2)N(C)CC[C@@]341.Cl. The van der Waals surface area contributed by atoms with E-state index < -0.39 is 0 Å². The number of halogens is 1. The van der Waals surface area contributed by atoms with E-state index in [1.54, 1.807) is 7.11 Å². The lowest BCUT2D eigenvalue weighted by molar-refractivity contribution is -0.152. The van der Waals surface area contributed by atoms with Crippen LogP contribution in [0.2, 0.25) is 0 Å². The molecule has 1 spiro atoms. The Bertz CT molecular complexity index is 794. The summed E-state index contributed by atoms with van der Waals surface area (Å²) in [6.07, 6.45) is 5.81. The van der Waals surface area contributed by atoms with Gasteiger partial charge in [0.25, 0.3) is 0 Å². The van der Waals surface area contributed by atoms with E-state index in [1.807, 2.05) is 12.1 Å². The van der Waals surface area contributed by atoms with E-state index in [9.17, 15) is 4.79 Å². The molecule has 1 aromatic rings. The molecule has 0 aromatic heterocycles. The monoisotopic (exact) mass is 377 g/mol. The topological polar surface area (TPSA) is 48.0 Å². The first-order valence-electron chi connectivity index (χ1n) is 8.99. The van der Waals surface area contributed by atoms with Gasteiger partial charge in [0.2, 0.25) is 0 Å². The largest absolute Gasteiger partial charge is 0.493 e. The number of esters is 1. The summed E-state index contributed by atoms with van der Waals surface area (Å²) in [5, 5.41) is 0. The number of carbonyl (C=O) groups excluding carboxylic acids is 1. The first kappa shape index (κ1) is 17.7. The minimum Gasteiger partial charge on any atom is -0.493 e. The molecular weight excluding hydrogens is 354 g/mol. The lowest BCUT2D eigenvalue weighted by Gasteiger charge is -2.56. The zero-order valence-corrected chi connectivity index (χ0v) is 16.0. The molecular formula is C20H24ClNO4. The molecule has 0 amide bonds. The summed E-state index contributed by atoms with van der Waals surface area (Å²) in [4.78, 5) is 14.1. The lowest BCUT2D eigenvalue weighted by Crippen LogP contribution is -2.65. The average Bonchev–Trinajstić information content (AvgIpc) is 2.94. The molecule has 6 heteroatoms. The third-order valence-electron chi connectivity index (χ3n) is 6.64. The molecule has 26 heavy (non-hydrogen) atoms. The van der Waals surface area contributed by atoms with Crippen molar-refractivity contribution in [3.05, 3.63) is 35.4 Å². The number of ether oxygens (including phenoxy) is 3. The van der Waals surface area contributed by atoms with E-state index in [0.29, 0.717) is 12.0 Å². The highest BCUT2D eigenvalue weighted by molar-refractivity contribution is 5.85. The number of likely N-dealkylation sites (N-methyl/N-ethyl adjacent to an activating group) is 1. The molecule has 2 aliphatic heterocycles. The van der Waals surface area contributed by atoms with Crippen molar-refractivity contribution in [2.24, 2.45) is 5.92 Å². The van der Waals surface area contributed by atoms with E-state index in [0.717, 1.165) is 30.9 Å². The fraction of sp³-hybridized carbons (Fsp3) is 0.550. The zero-order valence-electron chi connectivity index (χ0n) is 15.2. The summed E-state index contributed by atoms with van der Waals surface area (Å²) in [6, 6.07) is 4.65. The van der Waals surface area contributed by atoms with Crippen LogP contribution in [0.5, 0.6) is 11.5 Å². The van der Waals surface area contributed by atoms with Crippen LogP contribution in [-0.4, -0.2) is 49.8 Å². The second-order valence-corrected chi connectivity index (χ2v) is 7.70. The molecule has 5 atom stereocenters. The number of carbonyl (C=O) groups is 1. The lowest BCUT2D eigenvalue weighted by atomic mass is 9.53. The van der Waals surface area contributed by atoms with Crippen molar-refractivity contribution in [2.45, 2.75) is 43.4 Å². The number of hydrogen-bond acceptors (Lipinski definition) is 5. The molecule has 1 saturated heterocycles. The molecule has 1 fully saturated rings. The van der Waals surface area contributed by atoms with E-state index in [2.05, 4.69) is 24.1 Å². The summed E-state index contributed by atoms with van der Waals surface area (Å²) in [5.41, 5.74) is 2.53. The molecule has 0 radical (unpaired) electrons. The Morgan fingerprint density at radius 2 is 2.15 bits per heavy atom. The molecule has 0 saturated carbocycles. The predicted octanol–water partition coefficient (Wildman–Crippen LogP) is 2.49. The van der Waals surface area contributed by atoms with Gasteiger partial charge in [-0.25, -0.2) is 0 Å². The van der Waals surface area contributed by atoms with Crippen LogP contribution in [0, 0.1) is 5.92 Å². The van der Waals surface area contributed by atoms with E-state index >= 15 is 0 Å². The van der Waals surface area contributed by atoms with Gasteiger partial charge in [0, 0.05) is 29.9 Å². The van der Waals surface area contributed by atoms with Gasteiger partial charge in [-0.1, -0.05) is 12.1 Å². The third kappa shape index (κ3) is 2.04. The molecule has 5 nitrogen and oxygen atoms in total. The van der Waals surface area contributed by atoms with E-state index in [-0.39, 0.29) is 36.0 Å². The van der Waals surface area contributed by atoms with Gasteiger partial charge in [-0.2, -0.15) is 0 Å². The predicted molar refractivity (Wildman–Crippen MR) is 99.3 cm³/mol. The smallest absolute Gasteiger partial charge is 0.303 e. The van der Waals surface area contributed by atoms with Gasteiger partial charge in [-0.05, 0) is 44.1 Å². The second kappa shape index (κ2) is 5.89. The number of hydrogen-bond donors (Lipinski definition) is 0.